The van der Waals surface area contributed by atoms with Crippen molar-refractivity contribution in [2.45, 2.75) is 13.5 Å². The van der Waals surface area contributed by atoms with E-state index in [1.165, 1.54) is 4.68 Å². The molecule has 6 nitrogen and oxygen atoms in total. The molecule has 0 bridgehead atoms. The van der Waals surface area contributed by atoms with Crippen LogP contribution in [-0.2, 0) is 6.61 Å². The zero-order chi connectivity index (χ0) is 21.8. The molecule has 6 heteroatoms. The smallest absolute Gasteiger partial charge is 0.282 e. The van der Waals surface area contributed by atoms with Crippen LogP contribution in [0.15, 0.2) is 82.7 Å². The van der Waals surface area contributed by atoms with Crippen molar-refractivity contribution < 1.29 is 4.74 Å². The zero-order valence-electron chi connectivity index (χ0n) is 17.8. The number of aryl methyl sites for hydroxylation is 1. The van der Waals surface area contributed by atoms with E-state index in [4.69, 9.17) is 4.74 Å². The summed E-state index contributed by atoms with van der Waals surface area (Å²) in [4.78, 5) is 19.8. The van der Waals surface area contributed by atoms with Gasteiger partial charge in [-0.1, -0.05) is 42.5 Å². The van der Waals surface area contributed by atoms with E-state index in [9.17, 15) is 4.79 Å². The molecule has 4 aromatic rings. The summed E-state index contributed by atoms with van der Waals surface area (Å²) < 4.78 is 7.28. The quantitative estimate of drug-likeness (QED) is 0.445. The minimum Gasteiger partial charge on any atom is -0.485 e. The molecule has 156 valence electrons. The summed E-state index contributed by atoms with van der Waals surface area (Å²) in [6.45, 7) is 2.10. The summed E-state index contributed by atoms with van der Waals surface area (Å²) >= 11 is 0. The molecule has 31 heavy (non-hydrogen) atoms. The van der Waals surface area contributed by atoms with Crippen LogP contribution in [0, 0.1) is 6.92 Å². The van der Waals surface area contributed by atoms with Crippen molar-refractivity contribution >= 4 is 22.8 Å². The van der Waals surface area contributed by atoms with Crippen molar-refractivity contribution in [3.05, 3.63) is 100 Å². The molecule has 0 fully saturated rings. The van der Waals surface area contributed by atoms with Gasteiger partial charge in [-0.2, -0.15) is 9.78 Å². The summed E-state index contributed by atoms with van der Waals surface area (Å²) in [6, 6.07) is 22.9. The largest absolute Gasteiger partial charge is 0.485 e. The molecular weight excluding hydrogens is 388 g/mol. The molecule has 0 unspecified atom stereocenters. The van der Waals surface area contributed by atoms with Crippen molar-refractivity contribution in [2.75, 3.05) is 19.0 Å². The van der Waals surface area contributed by atoms with E-state index in [0.29, 0.717) is 16.7 Å². The minimum atomic E-state index is -0.227. The molecule has 0 aliphatic rings. The molecule has 3 aromatic carbocycles. The van der Waals surface area contributed by atoms with Gasteiger partial charge in [-0.3, -0.25) is 4.79 Å². The van der Waals surface area contributed by atoms with Gasteiger partial charge in [0.2, 0.25) is 0 Å². The Morgan fingerprint density at radius 1 is 1.00 bits per heavy atom. The number of hydrogen-bond acceptors (Lipinski definition) is 5. The summed E-state index contributed by atoms with van der Waals surface area (Å²) in [5.74, 6) is 1.19. The molecule has 0 amide bonds. The highest BCUT2D eigenvalue weighted by atomic mass is 16.5. The Bertz CT molecular complexity index is 1290. The molecule has 4 rings (SSSR count). The van der Waals surface area contributed by atoms with E-state index >= 15 is 0 Å². The van der Waals surface area contributed by atoms with Crippen molar-refractivity contribution in [2.24, 2.45) is 5.10 Å². The number of aromatic nitrogens is 2. The van der Waals surface area contributed by atoms with Crippen LogP contribution in [0.4, 0.5) is 5.69 Å². The van der Waals surface area contributed by atoms with Gasteiger partial charge in [-0.25, -0.2) is 4.98 Å². The third-order valence-electron chi connectivity index (χ3n) is 5.00. The number of para-hydroxylation sites is 2. The average Bonchev–Trinajstić information content (AvgIpc) is 2.78. The average molecular weight is 412 g/mol. The lowest BCUT2D eigenvalue weighted by Gasteiger charge is -2.12. The number of benzene rings is 3. The Morgan fingerprint density at radius 2 is 1.71 bits per heavy atom. The van der Waals surface area contributed by atoms with Crippen molar-refractivity contribution in [3.63, 3.8) is 0 Å². The molecule has 1 heterocycles. The molecule has 0 saturated carbocycles. The molecule has 0 aliphatic carbocycles. The van der Waals surface area contributed by atoms with Crippen LogP contribution in [-0.4, -0.2) is 30.0 Å². The van der Waals surface area contributed by atoms with Crippen molar-refractivity contribution in [3.8, 4) is 5.75 Å². The van der Waals surface area contributed by atoms with Crippen LogP contribution in [0.5, 0.6) is 5.75 Å². The SMILES string of the molecule is Cc1ccccc1OCc1nc2ccccc2c(=O)n1N=Cc1ccc(N(C)C)cc1. The van der Waals surface area contributed by atoms with Gasteiger partial charge < -0.3 is 9.64 Å². The van der Waals surface area contributed by atoms with E-state index in [1.807, 2.05) is 92.6 Å². The topological polar surface area (TPSA) is 59.7 Å². The van der Waals surface area contributed by atoms with Gasteiger partial charge in [0.25, 0.3) is 5.56 Å². The normalized spacial score (nSPS) is 11.2. The number of anilines is 1. The number of fused-ring (bicyclic) bond motifs is 1. The van der Waals surface area contributed by atoms with Gasteiger partial charge in [0.05, 0.1) is 17.1 Å². The van der Waals surface area contributed by atoms with Crippen LogP contribution in [0.1, 0.15) is 17.0 Å². The number of rotatable bonds is 6. The molecule has 1 aromatic heterocycles. The van der Waals surface area contributed by atoms with Crippen LogP contribution in [0.2, 0.25) is 0 Å². The number of nitrogens with zero attached hydrogens (tertiary/aromatic N) is 4. The van der Waals surface area contributed by atoms with Crippen molar-refractivity contribution in [1.82, 2.24) is 9.66 Å². The summed E-state index contributed by atoms with van der Waals surface area (Å²) in [6.07, 6.45) is 1.66. The predicted molar refractivity (Wildman–Crippen MR) is 125 cm³/mol. The fourth-order valence-electron chi connectivity index (χ4n) is 3.23. The second-order valence-electron chi connectivity index (χ2n) is 7.45. The maximum atomic E-state index is 13.1. The Labute approximate surface area is 181 Å². The van der Waals surface area contributed by atoms with Gasteiger partial charge in [0.15, 0.2) is 5.82 Å². The maximum absolute atomic E-state index is 13.1. The minimum absolute atomic E-state index is 0.127. The first-order chi connectivity index (χ1) is 15.0. The van der Waals surface area contributed by atoms with Gasteiger partial charge in [-0.05, 0) is 48.4 Å². The summed E-state index contributed by atoms with van der Waals surface area (Å²) in [7, 11) is 3.98. The monoisotopic (exact) mass is 412 g/mol. The maximum Gasteiger partial charge on any atom is 0.282 e. The second kappa shape index (κ2) is 8.83. The molecule has 0 radical (unpaired) electrons. The van der Waals surface area contributed by atoms with Gasteiger partial charge in [0.1, 0.15) is 12.4 Å². The van der Waals surface area contributed by atoms with Crippen LogP contribution < -0.4 is 15.2 Å². The van der Waals surface area contributed by atoms with E-state index in [0.717, 1.165) is 22.6 Å². The zero-order valence-corrected chi connectivity index (χ0v) is 17.8. The van der Waals surface area contributed by atoms with E-state index in [1.54, 1.807) is 12.3 Å². The van der Waals surface area contributed by atoms with E-state index in [-0.39, 0.29) is 12.2 Å². The molecule has 0 aliphatic heterocycles. The third-order valence-corrected chi connectivity index (χ3v) is 5.00. The number of hydrogen-bond donors (Lipinski definition) is 0. The summed E-state index contributed by atoms with van der Waals surface area (Å²) in [5.41, 5.74) is 3.39. The molecule has 0 saturated heterocycles. The van der Waals surface area contributed by atoms with Gasteiger partial charge in [0, 0.05) is 19.8 Å². The van der Waals surface area contributed by atoms with Crippen LogP contribution in [0.3, 0.4) is 0 Å². The lowest BCUT2D eigenvalue weighted by atomic mass is 10.2. The fourth-order valence-corrected chi connectivity index (χ4v) is 3.23. The highest BCUT2D eigenvalue weighted by Gasteiger charge is 2.11. The third kappa shape index (κ3) is 4.48. The lowest BCUT2D eigenvalue weighted by Crippen LogP contribution is -2.23. The molecular formula is C25H24N4O2. The second-order valence-corrected chi connectivity index (χ2v) is 7.45. The first kappa shape index (κ1) is 20.3. The molecule has 0 atom stereocenters. The van der Waals surface area contributed by atoms with Crippen LogP contribution in [0.25, 0.3) is 10.9 Å². The molecule has 0 N–H and O–H groups in total. The lowest BCUT2D eigenvalue weighted by molar-refractivity contribution is 0.287. The fraction of sp³-hybridized carbons (Fsp3) is 0.160. The highest BCUT2D eigenvalue weighted by Crippen LogP contribution is 2.18. The Morgan fingerprint density at radius 3 is 2.45 bits per heavy atom. The highest BCUT2D eigenvalue weighted by molar-refractivity contribution is 5.81. The Hall–Kier alpha value is -3.93. The van der Waals surface area contributed by atoms with Gasteiger partial charge in [-0.15, -0.1) is 0 Å². The van der Waals surface area contributed by atoms with E-state index in [2.05, 4.69) is 10.1 Å². The first-order valence-electron chi connectivity index (χ1n) is 10.0. The molecule has 0 spiro atoms. The number of ether oxygens (including phenoxy) is 1. The Kier molecular flexibility index (Phi) is 5.80. The predicted octanol–water partition coefficient (Wildman–Crippen LogP) is 4.23. The Balaban J connectivity index is 1.71. The van der Waals surface area contributed by atoms with Gasteiger partial charge >= 0.3 is 0 Å². The first-order valence-corrected chi connectivity index (χ1v) is 10.0. The van der Waals surface area contributed by atoms with Crippen LogP contribution >= 0.6 is 0 Å². The van der Waals surface area contributed by atoms with E-state index < -0.39 is 0 Å². The van der Waals surface area contributed by atoms with Crippen molar-refractivity contribution in [1.29, 1.82) is 0 Å². The standard InChI is InChI=1S/C25H24N4O2/c1-18-8-4-7-11-23(18)31-17-24-27-22-10-6-5-9-21(22)25(30)29(24)26-16-19-12-14-20(15-13-19)28(2)3/h4-16H,17H2,1-3H3. The summed E-state index contributed by atoms with van der Waals surface area (Å²) in [5, 5.41) is 4.97.